The molecule has 0 aliphatic heterocycles. The van der Waals surface area contributed by atoms with E-state index in [2.05, 4.69) is 50.4 Å². The Hall–Kier alpha value is -2.49. The van der Waals surface area contributed by atoms with Crippen molar-refractivity contribution in [2.75, 3.05) is 20.8 Å². The number of methoxy groups -OCH3 is 2. The lowest BCUT2D eigenvalue weighted by molar-refractivity contribution is -0.121. The number of hydrogen-bond acceptors (Lipinski definition) is 3. The average Bonchev–Trinajstić information content (AvgIpc) is 2.65. The molecule has 4 heteroatoms. The minimum Gasteiger partial charge on any atom is -0.493 e. The van der Waals surface area contributed by atoms with Gasteiger partial charge >= 0.3 is 0 Å². The molecular weight excluding hydrogens is 338 g/mol. The van der Waals surface area contributed by atoms with E-state index in [-0.39, 0.29) is 11.3 Å². The molecule has 0 aliphatic carbocycles. The monoisotopic (exact) mass is 369 g/mol. The minimum atomic E-state index is 0.0791. The Balaban J connectivity index is 1.76. The van der Waals surface area contributed by atoms with Gasteiger partial charge < -0.3 is 14.8 Å². The molecule has 0 atom stereocenters. The number of rotatable bonds is 8. The van der Waals surface area contributed by atoms with Gasteiger partial charge in [0.1, 0.15) is 0 Å². The molecule has 0 spiro atoms. The molecule has 0 fully saturated rings. The second-order valence-corrected chi connectivity index (χ2v) is 7.74. The van der Waals surface area contributed by atoms with Crippen LogP contribution in [0.25, 0.3) is 0 Å². The zero-order chi connectivity index (χ0) is 19.9. The van der Waals surface area contributed by atoms with Crippen LogP contribution in [-0.2, 0) is 23.1 Å². The maximum absolute atomic E-state index is 12.1. The van der Waals surface area contributed by atoms with Crippen LogP contribution in [0.3, 0.4) is 0 Å². The number of carbonyl (C=O) groups excluding carboxylic acids is 1. The molecule has 0 unspecified atom stereocenters. The van der Waals surface area contributed by atoms with Crippen LogP contribution in [0.5, 0.6) is 11.5 Å². The first-order chi connectivity index (χ1) is 12.8. The van der Waals surface area contributed by atoms with Crippen LogP contribution < -0.4 is 14.8 Å². The molecule has 146 valence electrons. The summed E-state index contributed by atoms with van der Waals surface area (Å²) in [7, 11) is 3.24. The van der Waals surface area contributed by atoms with E-state index in [0.717, 1.165) is 18.4 Å². The molecule has 2 aromatic carbocycles. The highest BCUT2D eigenvalue weighted by molar-refractivity contribution is 5.76. The Morgan fingerprint density at radius 1 is 0.889 bits per heavy atom. The van der Waals surface area contributed by atoms with E-state index in [1.54, 1.807) is 14.2 Å². The van der Waals surface area contributed by atoms with Crippen molar-refractivity contribution in [3.05, 3.63) is 59.2 Å². The molecule has 2 aromatic rings. The molecule has 0 aliphatic rings. The minimum absolute atomic E-state index is 0.0791. The zero-order valence-electron chi connectivity index (χ0n) is 17.1. The summed E-state index contributed by atoms with van der Waals surface area (Å²) in [6.07, 6.45) is 2.01. The van der Waals surface area contributed by atoms with Crippen LogP contribution in [-0.4, -0.2) is 26.7 Å². The van der Waals surface area contributed by atoms with Gasteiger partial charge in [-0.05, 0) is 47.1 Å². The van der Waals surface area contributed by atoms with Gasteiger partial charge in [0, 0.05) is 13.0 Å². The molecule has 0 aromatic heterocycles. The Morgan fingerprint density at radius 2 is 1.52 bits per heavy atom. The van der Waals surface area contributed by atoms with Gasteiger partial charge in [-0.25, -0.2) is 0 Å². The van der Waals surface area contributed by atoms with Crippen molar-refractivity contribution in [1.29, 1.82) is 0 Å². The molecule has 27 heavy (non-hydrogen) atoms. The first-order valence-electron chi connectivity index (χ1n) is 9.40. The fraction of sp³-hybridized carbons (Fsp3) is 0.435. The highest BCUT2D eigenvalue weighted by atomic mass is 16.5. The van der Waals surface area contributed by atoms with Crippen molar-refractivity contribution >= 4 is 5.91 Å². The van der Waals surface area contributed by atoms with E-state index >= 15 is 0 Å². The Labute approximate surface area is 162 Å². The summed E-state index contributed by atoms with van der Waals surface area (Å²) in [5.74, 6) is 1.50. The summed E-state index contributed by atoms with van der Waals surface area (Å²) in [5, 5.41) is 2.99. The predicted octanol–water partition coefficient (Wildman–Crippen LogP) is 4.29. The molecule has 0 saturated carbocycles. The zero-order valence-corrected chi connectivity index (χ0v) is 17.1. The molecule has 0 saturated heterocycles. The van der Waals surface area contributed by atoms with Gasteiger partial charge in [0.2, 0.25) is 5.91 Å². The summed E-state index contributed by atoms with van der Waals surface area (Å²) in [6.45, 7) is 7.22. The normalized spacial score (nSPS) is 11.1. The van der Waals surface area contributed by atoms with E-state index in [9.17, 15) is 4.79 Å². The van der Waals surface area contributed by atoms with Crippen molar-refractivity contribution in [1.82, 2.24) is 5.32 Å². The van der Waals surface area contributed by atoms with Crippen LogP contribution in [0, 0.1) is 0 Å². The lowest BCUT2D eigenvalue weighted by atomic mass is 9.86. The largest absolute Gasteiger partial charge is 0.493 e. The molecule has 1 N–H and O–H groups in total. The van der Waals surface area contributed by atoms with Gasteiger partial charge in [-0.1, -0.05) is 51.1 Å². The Bertz CT molecular complexity index is 745. The van der Waals surface area contributed by atoms with E-state index < -0.39 is 0 Å². The smallest absolute Gasteiger partial charge is 0.220 e. The van der Waals surface area contributed by atoms with Gasteiger partial charge in [-0.15, -0.1) is 0 Å². The van der Waals surface area contributed by atoms with Gasteiger partial charge in [0.15, 0.2) is 11.5 Å². The second kappa shape index (κ2) is 9.45. The van der Waals surface area contributed by atoms with E-state index in [4.69, 9.17) is 9.47 Å². The van der Waals surface area contributed by atoms with Crippen molar-refractivity contribution < 1.29 is 14.3 Å². The van der Waals surface area contributed by atoms with E-state index in [0.29, 0.717) is 24.5 Å². The number of amides is 1. The summed E-state index contributed by atoms with van der Waals surface area (Å²) in [6, 6.07) is 14.4. The molecule has 4 nitrogen and oxygen atoms in total. The van der Waals surface area contributed by atoms with E-state index in [1.807, 2.05) is 18.2 Å². The summed E-state index contributed by atoms with van der Waals surface area (Å²) in [4.78, 5) is 12.1. The number of aryl methyl sites for hydroxylation is 1. The fourth-order valence-electron chi connectivity index (χ4n) is 2.90. The van der Waals surface area contributed by atoms with Crippen molar-refractivity contribution in [2.24, 2.45) is 0 Å². The van der Waals surface area contributed by atoms with Gasteiger partial charge in [-0.2, -0.15) is 0 Å². The number of nitrogens with one attached hydrogen (secondary N) is 1. The van der Waals surface area contributed by atoms with Crippen LogP contribution in [0.15, 0.2) is 42.5 Å². The Kier molecular flexibility index (Phi) is 7.28. The molecule has 0 bridgehead atoms. The van der Waals surface area contributed by atoms with Crippen LogP contribution in [0.1, 0.15) is 43.9 Å². The molecular formula is C23H31NO3. The highest BCUT2D eigenvalue weighted by Crippen LogP contribution is 2.27. The van der Waals surface area contributed by atoms with Crippen molar-refractivity contribution in [2.45, 2.75) is 45.4 Å². The lowest BCUT2D eigenvalue weighted by Crippen LogP contribution is -2.25. The number of hydrogen-bond donors (Lipinski definition) is 1. The SMILES string of the molecule is COc1ccc(CCNC(=O)CCc2ccc(C(C)(C)C)cc2)cc1OC. The van der Waals surface area contributed by atoms with Gasteiger partial charge in [0.25, 0.3) is 0 Å². The lowest BCUT2D eigenvalue weighted by Gasteiger charge is -2.19. The predicted molar refractivity (Wildman–Crippen MR) is 110 cm³/mol. The third-order valence-corrected chi connectivity index (χ3v) is 4.64. The molecule has 1 amide bonds. The third kappa shape index (κ3) is 6.31. The maximum atomic E-state index is 12.1. The van der Waals surface area contributed by atoms with Crippen LogP contribution in [0.4, 0.5) is 0 Å². The summed E-state index contributed by atoms with van der Waals surface area (Å²) < 4.78 is 10.5. The summed E-state index contributed by atoms with van der Waals surface area (Å²) in [5.41, 5.74) is 3.76. The first-order valence-corrected chi connectivity index (χ1v) is 9.40. The quantitative estimate of drug-likeness (QED) is 0.755. The highest BCUT2D eigenvalue weighted by Gasteiger charge is 2.13. The number of ether oxygens (including phenoxy) is 2. The van der Waals surface area contributed by atoms with Gasteiger partial charge in [-0.3, -0.25) is 4.79 Å². The summed E-state index contributed by atoms with van der Waals surface area (Å²) >= 11 is 0. The van der Waals surface area contributed by atoms with Crippen molar-refractivity contribution in [3.8, 4) is 11.5 Å². The topological polar surface area (TPSA) is 47.6 Å². The standard InChI is InChI=1S/C23H31NO3/c1-23(2,3)19-10-6-17(7-11-19)9-13-22(25)24-15-14-18-8-12-20(26-4)21(16-18)27-5/h6-8,10-12,16H,9,13-15H2,1-5H3,(H,24,25). The maximum Gasteiger partial charge on any atom is 0.220 e. The number of benzene rings is 2. The number of carbonyl (C=O) groups is 1. The van der Waals surface area contributed by atoms with Gasteiger partial charge in [0.05, 0.1) is 14.2 Å². The fourth-order valence-corrected chi connectivity index (χ4v) is 2.90. The molecule has 0 radical (unpaired) electrons. The van der Waals surface area contributed by atoms with Crippen LogP contribution in [0.2, 0.25) is 0 Å². The average molecular weight is 370 g/mol. The Morgan fingerprint density at radius 3 is 2.11 bits per heavy atom. The third-order valence-electron chi connectivity index (χ3n) is 4.64. The molecule has 0 heterocycles. The van der Waals surface area contributed by atoms with Crippen molar-refractivity contribution in [3.63, 3.8) is 0 Å². The van der Waals surface area contributed by atoms with E-state index in [1.165, 1.54) is 11.1 Å². The second-order valence-electron chi connectivity index (χ2n) is 7.74. The molecule has 2 rings (SSSR count). The van der Waals surface area contributed by atoms with Crippen LogP contribution >= 0.6 is 0 Å². The first kappa shape index (κ1) is 20.8.